The maximum atomic E-state index is 11.3. The topological polar surface area (TPSA) is 78.4 Å². The predicted octanol–water partition coefficient (Wildman–Crippen LogP) is 1.17. The highest BCUT2D eigenvalue weighted by atomic mass is 35.5. The van der Waals surface area contributed by atoms with Crippen LogP contribution in [0.3, 0.4) is 0 Å². The molecule has 0 unspecified atom stereocenters. The van der Waals surface area contributed by atoms with E-state index >= 15 is 0 Å². The Hall–Kier alpha value is -0.810. The van der Waals surface area contributed by atoms with Crippen LogP contribution < -0.4 is 10.6 Å². The highest BCUT2D eigenvalue weighted by molar-refractivity contribution is 5.85. The van der Waals surface area contributed by atoms with Crippen LogP contribution in [0.15, 0.2) is 0 Å². The molecule has 0 saturated carbocycles. The normalized spacial score (nSPS) is 10.5. The molecule has 0 aromatic heterocycles. The second kappa shape index (κ2) is 9.24. The van der Waals surface area contributed by atoms with Gasteiger partial charge in [0, 0.05) is 5.54 Å². The molecule has 0 bridgehead atoms. The number of rotatable bonds is 8. The molecule has 0 heterocycles. The van der Waals surface area contributed by atoms with Gasteiger partial charge in [-0.15, -0.1) is 12.4 Å². The van der Waals surface area contributed by atoms with Crippen LogP contribution in [0, 0.1) is 0 Å². The Morgan fingerprint density at radius 2 is 1.53 bits per heavy atom. The Balaban J connectivity index is 0. The molecule has 0 aliphatic rings. The molecule has 0 aromatic rings. The van der Waals surface area contributed by atoms with Crippen LogP contribution in [0.2, 0.25) is 0 Å². The summed E-state index contributed by atoms with van der Waals surface area (Å²) in [7, 11) is 0. The van der Waals surface area contributed by atoms with Crippen LogP contribution >= 0.6 is 12.4 Å². The third-order valence-electron chi connectivity index (χ3n) is 3.09. The fourth-order valence-corrected chi connectivity index (χ4v) is 1.63. The van der Waals surface area contributed by atoms with Crippen molar-refractivity contribution in [2.24, 2.45) is 0 Å². The smallest absolute Gasteiger partial charge is 0.322 e. The lowest BCUT2D eigenvalue weighted by Gasteiger charge is -2.31. The molecule has 102 valence electrons. The Bertz CT molecular complexity index is 235. The third kappa shape index (κ3) is 7.18. The van der Waals surface area contributed by atoms with E-state index in [-0.39, 0.29) is 36.9 Å². The van der Waals surface area contributed by atoms with Crippen LogP contribution in [0.25, 0.3) is 0 Å². The SMILES string of the molecule is CCC(CC)(CC)NCC(=O)NCC(=O)O.Cl. The van der Waals surface area contributed by atoms with Crippen LogP contribution in [0.4, 0.5) is 0 Å². The number of carbonyl (C=O) groups is 2. The van der Waals surface area contributed by atoms with Gasteiger partial charge in [-0.2, -0.15) is 0 Å². The molecule has 0 atom stereocenters. The first-order valence-electron chi connectivity index (χ1n) is 5.73. The molecule has 0 radical (unpaired) electrons. The number of amides is 1. The number of carboxylic acid groups (broad SMARTS) is 1. The summed E-state index contributed by atoms with van der Waals surface area (Å²) in [4.78, 5) is 21.5. The zero-order valence-corrected chi connectivity index (χ0v) is 11.5. The predicted molar refractivity (Wildman–Crippen MR) is 69.5 cm³/mol. The zero-order chi connectivity index (χ0) is 12.6. The third-order valence-corrected chi connectivity index (χ3v) is 3.09. The highest BCUT2D eigenvalue weighted by Crippen LogP contribution is 2.18. The minimum Gasteiger partial charge on any atom is -0.480 e. The van der Waals surface area contributed by atoms with Gasteiger partial charge in [0.25, 0.3) is 0 Å². The van der Waals surface area contributed by atoms with E-state index in [4.69, 9.17) is 5.11 Å². The summed E-state index contributed by atoms with van der Waals surface area (Å²) in [6, 6.07) is 0. The lowest BCUT2D eigenvalue weighted by Crippen LogP contribution is -2.48. The molecule has 0 aliphatic carbocycles. The average molecular weight is 267 g/mol. The number of carboxylic acids is 1. The van der Waals surface area contributed by atoms with Crippen molar-refractivity contribution in [2.75, 3.05) is 13.1 Å². The van der Waals surface area contributed by atoms with Gasteiger partial charge in [0.1, 0.15) is 6.54 Å². The fraction of sp³-hybridized carbons (Fsp3) is 0.818. The average Bonchev–Trinajstić information content (AvgIpc) is 2.29. The molecule has 0 rings (SSSR count). The van der Waals surface area contributed by atoms with Crippen molar-refractivity contribution in [2.45, 2.75) is 45.6 Å². The van der Waals surface area contributed by atoms with Gasteiger partial charge in [0.2, 0.25) is 5.91 Å². The molecule has 0 saturated heterocycles. The van der Waals surface area contributed by atoms with Crippen molar-refractivity contribution in [1.82, 2.24) is 10.6 Å². The van der Waals surface area contributed by atoms with Crippen molar-refractivity contribution in [3.63, 3.8) is 0 Å². The zero-order valence-electron chi connectivity index (χ0n) is 10.7. The molecule has 0 spiro atoms. The van der Waals surface area contributed by atoms with E-state index in [1.807, 2.05) is 0 Å². The summed E-state index contributed by atoms with van der Waals surface area (Å²) in [5.74, 6) is -1.30. The van der Waals surface area contributed by atoms with Crippen molar-refractivity contribution in [3.8, 4) is 0 Å². The Kier molecular flexibility index (Phi) is 10.1. The molecular weight excluding hydrogens is 244 g/mol. The van der Waals surface area contributed by atoms with Gasteiger partial charge in [-0.25, -0.2) is 0 Å². The summed E-state index contributed by atoms with van der Waals surface area (Å²) in [6.07, 6.45) is 2.85. The first-order valence-corrected chi connectivity index (χ1v) is 5.73. The summed E-state index contributed by atoms with van der Waals surface area (Å²) >= 11 is 0. The number of carbonyl (C=O) groups excluding carboxylic acids is 1. The highest BCUT2D eigenvalue weighted by Gasteiger charge is 2.23. The molecule has 1 amide bonds. The van der Waals surface area contributed by atoms with Crippen molar-refractivity contribution >= 4 is 24.3 Å². The van der Waals surface area contributed by atoms with Crippen molar-refractivity contribution in [1.29, 1.82) is 0 Å². The summed E-state index contributed by atoms with van der Waals surface area (Å²) in [5.41, 5.74) is -0.0133. The number of aliphatic carboxylic acids is 1. The maximum Gasteiger partial charge on any atom is 0.322 e. The van der Waals surface area contributed by atoms with Gasteiger partial charge in [-0.3, -0.25) is 9.59 Å². The summed E-state index contributed by atoms with van der Waals surface area (Å²) in [5, 5.41) is 13.9. The van der Waals surface area contributed by atoms with Crippen LogP contribution in [-0.2, 0) is 9.59 Å². The quantitative estimate of drug-likeness (QED) is 0.616. The molecule has 17 heavy (non-hydrogen) atoms. The second-order valence-corrected chi connectivity index (χ2v) is 3.87. The van der Waals surface area contributed by atoms with E-state index in [1.165, 1.54) is 0 Å². The van der Waals surface area contributed by atoms with E-state index in [0.29, 0.717) is 0 Å². The molecular formula is C11H23ClN2O3. The van der Waals surface area contributed by atoms with E-state index in [0.717, 1.165) is 19.3 Å². The van der Waals surface area contributed by atoms with Gasteiger partial charge in [-0.1, -0.05) is 20.8 Å². The Morgan fingerprint density at radius 3 is 1.88 bits per heavy atom. The second-order valence-electron chi connectivity index (χ2n) is 3.87. The monoisotopic (exact) mass is 266 g/mol. The first kappa shape index (κ1) is 18.6. The molecule has 6 heteroatoms. The summed E-state index contributed by atoms with van der Waals surface area (Å²) in [6.45, 7) is 6.08. The number of hydrogen-bond acceptors (Lipinski definition) is 3. The molecule has 0 fully saturated rings. The molecule has 3 N–H and O–H groups in total. The summed E-state index contributed by atoms with van der Waals surface area (Å²) < 4.78 is 0. The van der Waals surface area contributed by atoms with Crippen LogP contribution in [0.1, 0.15) is 40.0 Å². The Morgan fingerprint density at radius 1 is 1.06 bits per heavy atom. The van der Waals surface area contributed by atoms with Gasteiger partial charge in [-0.05, 0) is 19.3 Å². The van der Waals surface area contributed by atoms with E-state index in [1.54, 1.807) is 0 Å². The van der Waals surface area contributed by atoms with E-state index in [2.05, 4.69) is 31.4 Å². The van der Waals surface area contributed by atoms with Gasteiger partial charge >= 0.3 is 5.97 Å². The van der Waals surface area contributed by atoms with Crippen LogP contribution in [-0.4, -0.2) is 35.6 Å². The minimum atomic E-state index is -1.03. The molecule has 5 nitrogen and oxygen atoms in total. The van der Waals surface area contributed by atoms with Crippen molar-refractivity contribution < 1.29 is 14.7 Å². The maximum absolute atomic E-state index is 11.3. The van der Waals surface area contributed by atoms with Gasteiger partial charge in [0.15, 0.2) is 0 Å². The molecule has 0 aliphatic heterocycles. The van der Waals surface area contributed by atoms with Crippen LogP contribution in [0.5, 0.6) is 0 Å². The largest absolute Gasteiger partial charge is 0.480 e. The standard InChI is InChI=1S/C11H22N2O3.ClH/c1-4-11(5-2,6-3)13-7-9(14)12-8-10(15)16;/h13H,4-8H2,1-3H3,(H,12,14)(H,15,16);1H. The van der Waals surface area contributed by atoms with Gasteiger partial charge in [0.05, 0.1) is 6.54 Å². The molecule has 0 aromatic carbocycles. The van der Waals surface area contributed by atoms with Gasteiger partial charge < -0.3 is 15.7 Å². The lowest BCUT2D eigenvalue weighted by atomic mass is 9.90. The lowest BCUT2D eigenvalue weighted by molar-refractivity contribution is -0.137. The number of halogens is 1. The van der Waals surface area contributed by atoms with Crippen molar-refractivity contribution in [3.05, 3.63) is 0 Å². The van der Waals surface area contributed by atoms with E-state index in [9.17, 15) is 9.59 Å². The fourth-order valence-electron chi connectivity index (χ4n) is 1.63. The minimum absolute atomic E-state index is 0. The number of nitrogens with one attached hydrogen (secondary N) is 2. The Labute approximate surface area is 109 Å². The number of hydrogen-bond donors (Lipinski definition) is 3. The first-order chi connectivity index (χ1) is 7.49. The van der Waals surface area contributed by atoms with E-state index < -0.39 is 5.97 Å².